The van der Waals surface area contributed by atoms with Gasteiger partial charge in [0.15, 0.2) is 0 Å². The van der Waals surface area contributed by atoms with Gasteiger partial charge in [-0.25, -0.2) is 48.7 Å². The van der Waals surface area contributed by atoms with E-state index in [0.717, 1.165) is 12.1 Å². The number of aromatic nitrogens is 4. The van der Waals surface area contributed by atoms with Crippen molar-refractivity contribution in [1.82, 2.24) is 25.4 Å². The molecule has 0 fully saturated rings. The Labute approximate surface area is 311 Å². The van der Waals surface area contributed by atoms with Crippen LogP contribution in [-0.4, -0.2) is 32.0 Å². The molecule has 4 amide bonds. The van der Waals surface area contributed by atoms with Crippen molar-refractivity contribution >= 4 is 62.5 Å². The fraction of sp³-hybridized carbons (Fsp3) is 0.0270. The number of ether oxygens (including phenoxy) is 2. The summed E-state index contributed by atoms with van der Waals surface area (Å²) in [6.07, 6.45) is -2.45. The average molecular weight is 773 g/mol. The van der Waals surface area contributed by atoms with Crippen molar-refractivity contribution in [3.05, 3.63) is 138 Å². The smallest absolute Gasteiger partial charge is 0.417 e. The molecule has 3 N–H and O–H groups in total. The quantitative estimate of drug-likeness (QED) is 0.107. The van der Waals surface area contributed by atoms with E-state index >= 15 is 0 Å². The average Bonchev–Trinajstić information content (AvgIpc) is 3.15. The first-order valence-corrected chi connectivity index (χ1v) is 16.2. The second-order valence-corrected chi connectivity index (χ2v) is 11.8. The number of anilines is 3. The van der Waals surface area contributed by atoms with Gasteiger partial charge in [0, 0.05) is 23.5 Å². The number of hydrazine groups is 1. The lowest BCUT2D eigenvalue weighted by Gasteiger charge is -2.25. The van der Waals surface area contributed by atoms with Crippen molar-refractivity contribution in [1.29, 1.82) is 0 Å². The number of hydrogen-bond acceptors (Lipinski definition) is 8. The number of halogens is 6. The van der Waals surface area contributed by atoms with Crippen LogP contribution in [0.5, 0.6) is 23.3 Å². The molecule has 0 saturated heterocycles. The van der Waals surface area contributed by atoms with Gasteiger partial charge < -0.3 is 20.1 Å². The largest absolute Gasteiger partial charge is 0.438 e. The van der Waals surface area contributed by atoms with E-state index < -0.39 is 40.5 Å². The van der Waals surface area contributed by atoms with Gasteiger partial charge in [-0.05, 0) is 91.0 Å². The molecule has 0 bridgehead atoms. The summed E-state index contributed by atoms with van der Waals surface area (Å²) in [6.45, 7) is 0. The maximum Gasteiger partial charge on any atom is 0.417 e. The summed E-state index contributed by atoms with van der Waals surface area (Å²) >= 11 is 5.81. The van der Waals surface area contributed by atoms with E-state index in [1.807, 2.05) is 0 Å². The maximum atomic E-state index is 13.8. The zero-order chi connectivity index (χ0) is 38.7. The molecule has 7 rings (SSSR count). The molecule has 18 heteroatoms. The first-order valence-electron chi connectivity index (χ1n) is 15.8. The van der Waals surface area contributed by atoms with Crippen LogP contribution in [0.1, 0.15) is 5.56 Å². The molecule has 276 valence electrons. The molecule has 0 atom stereocenters. The molecule has 12 nitrogen and oxygen atoms in total. The summed E-state index contributed by atoms with van der Waals surface area (Å²) in [5.41, 5.74) is 1.67. The number of amides is 4. The third-order valence-corrected chi connectivity index (χ3v) is 8.03. The monoisotopic (exact) mass is 772 g/mol. The molecule has 2 aromatic heterocycles. The van der Waals surface area contributed by atoms with Crippen molar-refractivity contribution in [2.24, 2.45) is 0 Å². The molecule has 0 unspecified atom stereocenters. The van der Waals surface area contributed by atoms with E-state index in [2.05, 4.69) is 36.0 Å². The number of fused-ring (bicyclic) bond motifs is 2. The van der Waals surface area contributed by atoms with Crippen molar-refractivity contribution in [2.75, 3.05) is 15.6 Å². The normalized spacial score (nSPS) is 11.2. The number of nitrogens with one attached hydrogen (secondary N) is 3. The highest BCUT2D eigenvalue weighted by molar-refractivity contribution is 6.31. The molecule has 0 saturated carbocycles. The molecular weight excluding hydrogens is 751 g/mol. The fourth-order valence-corrected chi connectivity index (χ4v) is 5.38. The van der Waals surface area contributed by atoms with E-state index in [1.165, 1.54) is 97.6 Å². The van der Waals surface area contributed by atoms with Crippen molar-refractivity contribution < 1.29 is 41.0 Å². The van der Waals surface area contributed by atoms with E-state index in [1.54, 1.807) is 0 Å². The predicted molar refractivity (Wildman–Crippen MR) is 192 cm³/mol. The molecule has 55 heavy (non-hydrogen) atoms. The Morgan fingerprint density at radius 3 is 1.65 bits per heavy atom. The van der Waals surface area contributed by atoms with E-state index in [9.17, 15) is 31.5 Å². The van der Waals surface area contributed by atoms with Gasteiger partial charge in [-0.1, -0.05) is 11.6 Å². The molecule has 2 heterocycles. The first-order chi connectivity index (χ1) is 26.4. The zero-order valence-corrected chi connectivity index (χ0v) is 28.4. The van der Waals surface area contributed by atoms with Crippen LogP contribution in [0, 0.1) is 11.6 Å². The van der Waals surface area contributed by atoms with E-state index in [4.69, 9.17) is 21.1 Å². The third kappa shape index (κ3) is 8.42. The highest BCUT2D eigenvalue weighted by atomic mass is 35.5. The molecule has 0 aliphatic carbocycles. The Morgan fingerprint density at radius 1 is 0.636 bits per heavy atom. The second kappa shape index (κ2) is 15.1. The van der Waals surface area contributed by atoms with Gasteiger partial charge >= 0.3 is 18.2 Å². The third-order valence-electron chi connectivity index (χ3n) is 7.70. The Kier molecular flexibility index (Phi) is 9.93. The summed E-state index contributed by atoms with van der Waals surface area (Å²) in [4.78, 5) is 43.0. The minimum atomic E-state index is -4.88. The lowest BCUT2D eigenvalue weighted by Crippen LogP contribution is -2.50. The lowest BCUT2D eigenvalue weighted by molar-refractivity contribution is -0.137. The Bertz CT molecular complexity index is 2560. The topological polar surface area (TPSA) is 143 Å². The number of carbonyl (C=O) groups is 2. The van der Waals surface area contributed by atoms with E-state index in [-0.39, 0.29) is 34.6 Å². The van der Waals surface area contributed by atoms with Crippen molar-refractivity contribution in [2.45, 2.75) is 6.18 Å². The zero-order valence-electron chi connectivity index (χ0n) is 27.6. The minimum absolute atomic E-state index is 0.144. The molecule has 5 aromatic carbocycles. The Balaban J connectivity index is 1.07. The molecule has 0 radical (unpaired) electrons. The van der Waals surface area contributed by atoms with Crippen LogP contribution in [0.4, 0.5) is 48.6 Å². The summed E-state index contributed by atoms with van der Waals surface area (Å²) in [5.74, 6) is -0.0818. The standard InChI is InChI=1S/C37H22ClF5N8O4/c38-30-14-7-24(17-29(30)37(41,42)43)51(36(53)49-23-5-10-26(11-6-23)55-34-28-13-2-21(40)16-32(28)45-19-47-34)50-35(52)48-22-3-8-25(9-4-22)54-33-27-12-1-20(39)15-31(27)44-18-46-33/h1-19H,(H,49,53)(H2,48,50,52). The number of alkyl halides is 3. The molecule has 7 aromatic rings. The SMILES string of the molecule is O=C(Nc1ccc(Oc2ncnc3cc(F)ccc23)cc1)NN(C(=O)Nc1ccc(Oc2ncnc3cc(F)ccc23)cc1)c1ccc(Cl)c(C(F)(F)F)c1. The second-order valence-electron chi connectivity index (χ2n) is 11.4. The molecule has 0 spiro atoms. The van der Waals surface area contributed by atoms with Crippen LogP contribution in [-0.2, 0) is 6.18 Å². The molecule has 0 aliphatic rings. The Hall–Kier alpha value is -7.14. The van der Waals surface area contributed by atoms with Crippen LogP contribution in [0.15, 0.2) is 116 Å². The van der Waals surface area contributed by atoms with Crippen LogP contribution < -0.4 is 30.5 Å². The number of carbonyl (C=O) groups excluding carboxylic acids is 2. The summed E-state index contributed by atoms with van der Waals surface area (Å²) in [7, 11) is 0. The van der Waals surface area contributed by atoms with Gasteiger partial charge in [-0.3, -0.25) is 0 Å². The highest BCUT2D eigenvalue weighted by Gasteiger charge is 2.34. The van der Waals surface area contributed by atoms with Gasteiger partial charge in [0.1, 0.15) is 35.8 Å². The maximum absolute atomic E-state index is 13.8. The van der Waals surface area contributed by atoms with Crippen molar-refractivity contribution in [3.8, 4) is 23.3 Å². The van der Waals surface area contributed by atoms with Crippen molar-refractivity contribution in [3.63, 3.8) is 0 Å². The van der Waals surface area contributed by atoms with E-state index in [0.29, 0.717) is 38.6 Å². The number of benzene rings is 5. The van der Waals surface area contributed by atoms with Gasteiger partial charge in [0.05, 0.1) is 38.1 Å². The van der Waals surface area contributed by atoms with Gasteiger partial charge in [-0.2, -0.15) is 13.2 Å². The molecular formula is C37H22ClF5N8O4. The van der Waals surface area contributed by atoms with Crippen LogP contribution in [0.25, 0.3) is 21.8 Å². The number of nitrogens with zero attached hydrogens (tertiary/aromatic N) is 5. The van der Waals surface area contributed by atoms with Crippen LogP contribution in [0.2, 0.25) is 5.02 Å². The number of rotatable bonds is 7. The number of urea groups is 2. The fourth-order valence-electron chi connectivity index (χ4n) is 5.15. The highest BCUT2D eigenvalue weighted by Crippen LogP contribution is 2.37. The summed E-state index contributed by atoms with van der Waals surface area (Å²) in [6, 6.07) is 20.2. The van der Waals surface area contributed by atoms with Gasteiger partial charge in [-0.15, -0.1) is 0 Å². The van der Waals surface area contributed by atoms with Gasteiger partial charge in [0.2, 0.25) is 11.8 Å². The van der Waals surface area contributed by atoms with Crippen LogP contribution in [0.3, 0.4) is 0 Å². The summed E-state index contributed by atoms with van der Waals surface area (Å²) < 4.78 is 80.3. The first kappa shape index (κ1) is 36.2. The predicted octanol–water partition coefficient (Wildman–Crippen LogP) is 9.88. The van der Waals surface area contributed by atoms with Crippen LogP contribution >= 0.6 is 11.6 Å². The lowest BCUT2D eigenvalue weighted by atomic mass is 10.2. The van der Waals surface area contributed by atoms with Gasteiger partial charge in [0.25, 0.3) is 0 Å². The summed E-state index contributed by atoms with van der Waals surface area (Å²) in [5, 5.41) is 5.86. The molecule has 0 aliphatic heterocycles. The Morgan fingerprint density at radius 2 is 1.15 bits per heavy atom. The number of hydrogen-bond donors (Lipinski definition) is 3. The minimum Gasteiger partial charge on any atom is -0.438 e.